The van der Waals surface area contributed by atoms with Gasteiger partial charge in [0.1, 0.15) is 0 Å². The third-order valence-electron chi connectivity index (χ3n) is 5.15. The van der Waals surface area contributed by atoms with Gasteiger partial charge < -0.3 is 16.0 Å². The molecule has 1 aliphatic rings. The highest BCUT2D eigenvalue weighted by Gasteiger charge is 2.24. The Hall–Kier alpha value is -3.17. The van der Waals surface area contributed by atoms with Gasteiger partial charge in [-0.3, -0.25) is 4.79 Å². The van der Waals surface area contributed by atoms with Gasteiger partial charge in [-0.1, -0.05) is 25.0 Å². The number of amides is 3. The van der Waals surface area contributed by atoms with Crippen LogP contribution in [0.4, 0.5) is 16.2 Å². The van der Waals surface area contributed by atoms with Crippen molar-refractivity contribution in [3.05, 3.63) is 60.2 Å². The molecular weight excluding hydrogens is 428 g/mol. The summed E-state index contributed by atoms with van der Waals surface area (Å²) in [7, 11) is -1.96. The third kappa shape index (κ3) is 6.41. The van der Waals surface area contributed by atoms with E-state index >= 15 is 0 Å². The second-order valence-corrected chi connectivity index (χ2v) is 9.43. The molecule has 3 N–H and O–H groups in total. The second kappa shape index (κ2) is 10.9. The van der Waals surface area contributed by atoms with Crippen molar-refractivity contribution < 1.29 is 18.0 Å². The van der Waals surface area contributed by atoms with E-state index in [0.29, 0.717) is 24.5 Å². The van der Waals surface area contributed by atoms with Gasteiger partial charge in [0, 0.05) is 37.6 Å². The SMILES string of the molecule is CNC(=O)Nc1ccc(NC(=O)/C=C/c2ccc(S(=O)(=O)N3CCCCCC3)cc2)cc1. The fraction of sp³-hybridized carbons (Fsp3) is 0.304. The molecule has 0 radical (unpaired) electrons. The van der Waals surface area contributed by atoms with Crippen LogP contribution in [0.1, 0.15) is 31.2 Å². The molecule has 32 heavy (non-hydrogen) atoms. The van der Waals surface area contributed by atoms with Gasteiger partial charge in [-0.15, -0.1) is 0 Å². The Kier molecular flexibility index (Phi) is 8.02. The fourth-order valence-electron chi connectivity index (χ4n) is 3.37. The molecule has 8 nitrogen and oxygen atoms in total. The number of carbonyl (C=O) groups excluding carboxylic acids is 2. The number of benzene rings is 2. The average molecular weight is 457 g/mol. The lowest BCUT2D eigenvalue weighted by Gasteiger charge is -2.19. The normalized spacial score (nSPS) is 15.2. The highest BCUT2D eigenvalue weighted by Crippen LogP contribution is 2.21. The summed E-state index contributed by atoms with van der Waals surface area (Å²) >= 11 is 0. The van der Waals surface area contributed by atoms with Crippen molar-refractivity contribution in [2.45, 2.75) is 30.6 Å². The largest absolute Gasteiger partial charge is 0.341 e. The molecule has 0 atom stereocenters. The molecular formula is C23H28N4O4S. The smallest absolute Gasteiger partial charge is 0.318 e. The molecule has 3 amide bonds. The summed E-state index contributed by atoms with van der Waals surface area (Å²) in [6.07, 6.45) is 6.92. The molecule has 2 aromatic rings. The molecule has 3 rings (SSSR count). The van der Waals surface area contributed by atoms with E-state index in [-0.39, 0.29) is 16.8 Å². The van der Waals surface area contributed by atoms with E-state index < -0.39 is 10.0 Å². The van der Waals surface area contributed by atoms with Crippen LogP contribution >= 0.6 is 0 Å². The zero-order valence-corrected chi connectivity index (χ0v) is 18.8. The summed E-state index contributed by atoms with van der Waals surface area (Å²) in [5, 5.41) is 7.83. The van der Waals surface area contributed by atoms with E-state index in [1.165, 1.54) is 13.1 Å². The van der Waals surface area contributed by atoms with E-state index in [9.17, 15) is 18.0 Å². The third-order valence-corrected chi connectivity index (χ3v) is 7.06. The van der Waals surface area contributed by atoms with Crippen LogP contribution in [-0.2, 0) is 14.8 Å². The summed E-state index contributed by atoms with van der Waals surface area (Å²) in [5.74, 6) is -0.321. The van der Waals surface area contributed by atoms with Crippen LogP contribution < -0.4 is 16.0 Å². The number of hydrogen-bond acceptors (Lipinski definition) is 4. The summed E-state index contributed by atoms with van der Waals surface area (Å²) < 4.78 is 27.2. The number of hydrogen-bond donors (Lipinski definition) is 3. The van der Waals surface area contributed by atoms with Crippen molar-refractivity contribution in [1.82, 2.24) is 9.62 Å². The molecule has 1 saturated heterocycles. The van der Waals surface area contributed by atoms with Gasteiger partial charge >= 0.3 is 6.03 Å². The van der Waals surface area contributed by atoms with E-state index in [1.54, 1.807) is 58.9 Å². The van der Waals surface area contributed by atoms with Crippen LogP contribution in [0.2, 0.25) is 0 Å². The van der Waals surface area contributed by atoms with E-state index in [1.807, 2.05) is 0 Å². The van der Waals surface area contributed by atoms with E-state index in [2.05, 4.69) is 16.0 Å². The van der Waals surface area contributed by atoms with Crippen molar-refractivity contribution in [3.8, 4) is 0 Å². The quantitative estimate of drug-likeness (QED) is 0.577. The van der Waals surface area contributed by atoms with Crippen molar-refractivity contribution in [2.75, 3.05) is 30.8 Å². The highest BCUT2D eigenvalue weighted by molar-refractivity contribution is 7.89. The zero-order chi connectivity index (χ0) is 23.0. The Morgan fingerprint density at radius 3 is 1.97 bits per heavy atom. The first-order valence-corrected chi connectivity index (χ1v) is 12.0. The molecule has 0 spiro atoms. The number of sulfonamides is 1. The van der Waals surface area contributed by atoms with Crippen LogP contribution in [0.15, 0.2) is 59.5 Å². The Labute approximate surface area is 188 Å². The predicted molar refractivity (Wildman–Crippen MR) is 126 cm³/mol. The Morgan fingerprint density at radius 1 is 0.844 bits per heavy atom. The number of nitrogens with zero attached hydrogens (tertiary/aromatic N) is 1. The average Bonchev–Trinajstić information content (AvgIpc) is 3.09. The molecule has 9 heteroatoms. The first-order valence-electron chi connectivity index (χ1n) is 10.6. The number of nitrogens with one attached hydrogen (secondary N) is 3. The van der Waals surface area contributed by atoms with Crippen LogP contribution in [0, 0.1) is 0 Å². The van der Waals surface area contributed by atoms with Crippen LogP contribution in [-0.4, -0.2) is 44.8 Å². The van der Waals surface area contributed by atoms with Gasteiger partial charge in [-0.2, -0.15) is 4.31 Å². The lowest BCUT2D eigenvalue weighted by molar-refractivity contribution is -0.111. The van der Waals surface area contributed by atoms with Gasteiger partial charge in [0.05, 0.1) is 4.90 Å². The lowest BCUT2D eigenvalue weighted by Crippen LogP contribution is -2.31. The van der Waals surface area contributed by atoms with Crippen molar-refractivity contribution >= 4 is 39.4 Å². The monoisotopic (exact) mass is 456 g/mol. The lowest BCUT2D eigenvalue weighted by atomic mass is 10.2. The molecule has 0 aliphatic carbocycles. The van der Waals surface area contributed by atoms with Crippen LogP contribution in [0.25, 0.3) is 6.08 Å². The second-order valence-electron chi connectivity index (χ2n) is 7.49. The minimum Gasteiger partial charge on any atom is -0.341 e. The van der Waals surface area contributed by atoms with Gasteiger partial charge in [0.25, 0.3) is 0 Å². The highest BCUT2D eigenvalue weighted by atomic mass is 32.2. The fourth-order valence-corrected chi connectivity index (χ4v) is 4.89. The molecule has 170 valence electrons. The number of carbonyl (C=O) groups is 2. The molecule has 0 bridgehead atoms. The Balaban J connectivity index is 1.58. The number of urea groups is 1. The molecule has 1 aliphatic heterocycles. The summed E-state index contributed by atoms with van der Waals surface area (Å²) in [6, 6.07) is 12.9. The van der Waals surface area contributed by atoms with Gasteiger partial charge in [0.2, 0.25) is 15.9 Å². The maximum Gasteiger partial charge on any atom is 0.318 e. The molecule has 2 aromatic carbocycles. The van der Waals surface area contributed by atoms with E-state index in [0.717, 1.165) is 31.2 Å². The molecule has 1 fully saturated rings. The standard InChI is InChI=1S/C23H28N4O4S/c1-24-23(29)26-20-11-9-19(10-12-20)25-22(28)15-8-18-6-13-21(14-7-18)32(30,31)27-16-4-2-3-5-17-27/h6-15H,2-5,16-17H2,1H3,(H,25,28)(H2,24,26,29)/b15-8+. The zero-order valence-electron chi connectivity index (χ0n) is 18.0. The maximum atomic E-state index is 12.8. The first kappa shape index (κ1) is 23.5. The van der Waals surface area contributed by atoms with Gasteiger partial charge in [0.15, 0.2) is 0 Å². The summed E-state index contributed by atoms with van der Waals surface area (Å²) in [4.78, 5) is 23.7. The predicted octanol–water partition coefficient (Wildman–Crippen LogP) is 3.65. The van der Waals surface area contributed by atoms with Crippen molar-refractivity contribution in [3.63, 3.8) is 0 Å². The van der Waals surface area contributed by atoms with Gasteiger partial charge in [-0.25, -0.2) is 13.2 Å². The minimum atomic E-state index is -3.49. The van der Waals surface area contributed by atoms with E-state index in [4.69, 9.17) is 0 Å². The van der Waals surface area contributed by atoms with Crippen molar-refractivity contribution in [1.29, 1.82) is 0 Å². The topological polar surface area (TPSA) is 108 Å². The first-order chi connectivity index (χ1) is 15.4. The summed E-state index contributed by atoms with van der Waals surface area (Å²) in [6.45, 7) is 1.13. The number of rotatable bonds is 6. The molecule has 0 aromatic heterocycles. The molecule has 0 saturated carbocycles. The molecule has 1 heterocycles. The van der Waals surface area contributed by atoms with Crippen LogP contribution in [0.5, 0.6) is 0 Å². The Bertz CT molecular complexity index is 1060. The Morgan fingerprint density at radius 2 is 1.41 bits per heavy atom. The van der Waals surface area contributed by atoms with Crippen LogP contribution in [0.3, 0.4) is 0 Å². The summed E-state index contributed by atoms with van der Waals surface area (Å²) in [5.41, 5.74) is 1.91. The maximum absolute atomic E-state index is 12.8. The number of anilines is 2. The van der Waals surface area contributed by atoms with Crippen molar-refractivity contribution in [2.24, 2.45) is 0 Å². The minimum absolute atomic E-state index is 0.270. The molecule has 0 unspecified atom stereocenters. The van der Waals surface area contributed by atoms with Gasteiger partial charge in [-0.05, 0) is 60.9 Å².